The topological polar surface area (TPSA) is 31.9 Å². The molecular weight excluding hydrogens is 272 g/mol. The molecule has 1 saturated heterocycles. The van der Waals surface area contributed by atoms with Gasteiger partial charge in [0.25, 0.3) is 5.92 Å². The Balaban J connectivity index is 1.80. The van der Waals surface area contributed by atoms with Crippen LogP contribution >= 0.6 is 11.6 Å². The van der Waals surface area contributed by atoms with Gasteiger partial charge >= 0.3 is 0 Å². The van der Waals surface area contributed by atoms with Crippen LogP contribution in [0, 0.1) is 5.41 Å². The van der Waals surface area contributed by atoms with Crippen LogP contribution in [0.1, 0.15) is 12.8 Å². The predicted molar refractivity (Wildman–Crippen MR) is 69.9 cm³/mol. The van der Waals surface area contributed by atoms with Gasteiger partial charge in [-0.2, -0.15) is 5.10 Å². The molecule has 6 heteroatoms. The lowest BCUT2D eigenvalue weighted by atomic mass is 10.0. The number of aromatic nitrogens is 2. The van der Waals surface area contributed by atoms with Crippen molar-refractivity contribution in [3.63, 3.8) is 0 Å². The summed E-state index contributed by atoms with van der Waals surface area (Å²) in [5.41, 5.74) is -0.0398. The maximum atomic E-state index is 14.0. The van der Waals surface area contributed by atoms with Gasteiger partial charge in [0.15, 0.2) is 5.82 Å². The Bertz CT molecular complexity index is 657. The lowest BCUT2D eigenvalue weighted by Gasteiger charge is -2.15. The highest BCUT2D eigenvalue weighted by Gasteiger charge is 2.67. The van der Waals surface area contributed by atoms with Crippen molar-refractivity contribution in [2.75, 3.05) is 18.0 Å². The highest BCUT2D eigenvalue weighted by atomic mass is 35.5. The molecule has 1 aromatic carbocycles. The first-order valence-electron chi connectivity index (χ1n) is 6.28. The Labute approximate surface area is 113 Å². The number of hydrogen-bond acceptors (Lipinski definition) is 2. The lowest BCUT2D eigenvalue weighted by molar-refractivity contribution is -0.0334. The zero-order valence-electron chi connectivity index (χ0n) is 10.1. The number of benzene rings is 1. The highest BCUT2D eigenvalue weighted by molar-refractivity contribution is 6.36. The Morgan fingerprint density at radius 1 is 1.26 bits per heavy atom. The number of nitrogens with zero attached hydrogens (tertiary/aromatic N) is 2. The minimum absolute atomic E-state index is 0.266. The van der Waals surface area contributed by atoms with Gasteiger partial charge in [-0.3, -0.25) is 5.10 Å². The van der Waals surface area contributed by atoms with Crippen LogP contribution in [-0.4, -0.2) is 29.2 Å². The van der Waals surface area contributed by atoms with Crippen LogP contribution in [0.4, 0.5) is 14.6 Å². The van der Waals surface area contributed by atoms with Gasteiger partial charge in [0.2, 0.25) is 0 Å². The van der Waals surface area contributed by atoms with E-state index in [0.29, 0.717) is 30.2 Å². The molecule has 1 aliphatic carbocycles. The van der Waals surface area contributed by atoms with E-state index in [0.717, 1.165) is 10.9 Å². The van der Waals surface area contributed by atoms with Gasteiger partial charge < -0.3 is 4.90 Å². The molecule has 1 aromatic heterocycles. The monoisotopic (exact) mass is 283 g/mol. The summed E-state index contributed by atoms with van der Waals surface area (Å²) in [5.74, 6) is -2.08. The predicted octanol–water partition coefficient (Wildman–Crippen LogP) is 3.45. The van der Waals surface area contributed by atoms with Gasteiger partial charge in [0.05, 0.1) is 27.9 Å². The van der Waals surface area contributed by atoms with Crippen LogP contribution in [0.25, 0.3) is 10.9 Å². The van der Waals surface area contributed by atoms with E-state index in [1.807, 2.05) is 12.1 Å². The summed E-state index contributed by atoms with van der Waals surface area (Å²) >= 11 is 6.17. The second-order valence-corrected chi connectivity index (χ2v) is 5.96. The Hall–Kier alpha value is -1.36. The molecule has 2 aliphatic rings. The molecular formula is C13H12ClF2N3. The third kappa shape index (κ3) is 1.45. The van der Waals surface area contributed by atoms with Crippen LogP contribution < -0.4 is 4.90 Å². The van der Waals surface area contributed by atoms with E-state index in [1.165, 1.54) is 0 Å². The second-order valence-electron chi connectivity index (χ2n) is 5.55. The van der Waals surface area contributed by atoms with Crippen molar-refractivity contribution in [3.05, 3.63) is 23.2 Å². The number of aromatic amines is 1. The molecule has 3 nitrogen and oxygen atoms in total. The third-order valence-electron chi connectivity index (χ3n) is 4.33. The SMILES string of the molecule is FC1(F)CN(c2n[nH]c3cccc(Cl)c23)CC12CC2. The summed E-state index contributed by atoms with van der Waals surface area (Å²) in [7, 11) is 0. The fourth-order valence-corrected chi connectivity index (χ4v) is 3.27. The van der Waals surface area contributed by atoms with Crippen LogP contribution in [0.15, 0.2) is 18.2 Å². The van der Waals surface area contributed by atoms with Gasteiger partial charge in [-0.15, -0.1) is 0 Å². The van der Waals surface area contributed by atoms with Crippen molar-refractivity contribution in [2.24, 2.45) is 5.41 Å². The number of rotatable bonds is 1. The van der Waals surface area contributed by atoms with Crippen LogP contribution in [0.2, 0.25) is 5.02 Å². The van der Waals surface area contributed by atoms with Crippen molar-refractivity contribution in [1.82, 2.24) is 10.2 Å². The van der Waals surface area contributed by atoms with Crippen molar-refractivity contribution < 1.29 is 8.78 Å². The Morgan fingerprint density at radius 2 is 2.05 bits per heavy atom. The normalized spacial score (nSPS) is 23.4. The molecule has 0 atom stereocenters. The molecule has 1 saturated carbocycles. The lowest BCUT2D eigenvalue weighted by Crippen LogP contribution is -2.28. The summed E-state index contributed by atoms with van der Waals surface area (Å²) in [6, 6.07) is 5.41. The molecule has 0 unspecified atom stereocenters. The Kier molecular flexibility index (Phi) is 2.05. The maximum absolute atomic E-state index is 14.0. The van der Waals surface area contributed by atoms with Crippen molar-refractivity contribution in [2.45, 2.75) is 18.8 Å². The van der Waals surface area contributed by atoms with Gasteiger partial charge in [0.1, 0.15) is 0 Å². The number of anilines is 1. The molecule has 2 heterocycles. The summed E-state index contributed by atoms with van der Waals surface area (Å²) in [6.45, 7) is 0.101. The van der Waals surface area contributed by atoms with E-state index < -0.39 is 11.3 Å². The maximum Gasteiger partial charge on any atom is 0.272 e. The van der Waals surface area contributed by atoms with Crippen LogP contribution in [0.5, 0.6) is 0 Å². The standard InChI is InChI=1S/C13H12ClF2N3/c14-8-2-1-3-9-10(8)11(18-17-9)19-6-12(4-5-12)13(15,16)7-19/h1-3H,4-7H2,(H,17,18). The first-order valence-corrected chi connectivity index (χ1v) is 6.66. The first-order chi connectivity index (χ1) is 9.02. The number of fused-ring (bicyclic) bond motifs is 1. The third-order valence-corrected chi connectivity index (χ3v) is 4.65. The number of nitrogens with one attached hydrogen (secondary N) is 1. The average Bonchev–Trinajstić information content (AvgIpc) is 2.93. The zero-order chi connectivity index (χ0) is 13.3. The molecule has 1 spiro atoms. The van der Waals surface area contributed by atoms with Gasteiger partial charge in [-0.25, -0.2) is 8.78 Å². The molecule has 4 rings (SSSR count). The van der Waals surface area contributed by atoms with Crippen molar-refractivity contribution in [1.29, 1.82) is 0 Å². The summed E-state index contributed by atoms with van der Waals surface area (Å²) < 4.78 is 28.0. The zero-order valence-corrected chi connectivity index (χ0v) is 10.8. The quantitative estimate of drug-likeness (QED) is 0.869. The van der Waals surface area contributed by atoms with E-state index in [4.69, 9.17) is 11.6 Å². The summed E-state index contributed by atoms with van der Waals surface area (Å²) in [6.07, 6.45) is 1.21. The molecule has 0 amide bonds. The van der Waals surface area contributed by atoms with Gasteiger partial charge in [-0.05, 0) is 25.0 Å². The van der Waals surface area contributed by atoms with Crippen molar-refractivity contribution >= 4 is 28.3 Å². The second kappa shape index (κ2) is 3.39. The highest BCUT2D eigenvalue weighted by Crippen LogP contribution is 2.61. The fourth-order valence-electron chi connectivity index (χ4n) is 3.01. The number of H-pyrrole nitrogens is 1. The van der Waals surface area contributed by atoms with Crippen LogP contribution in [0.3, 0.4) is 0 Å². The van der Waals surface area contributed by atoms with E-state index >= 15 is 0 Å². The fraction of sp³-hybridized carbons (Fsp3) is 0.462. The molecule has 2 aromatic rings. The molecule has 0 bridgehead atoms. The molecule has 100 valence electrons. The number of hydrogen-bond donors (Lipinski definition) is 1. The molecule has 1 aliphatic heterocycles. The molecule has 1 N–H and O–H groups in total. The Morgan fingerprint density at radius 3 is 2.74 bits per heavy atom. The molecule has 2 fully saturated rings. The van der Waals surface area contributed by atoms with Crippen LogP contribution in [-0.2, 0) is 0 Å². The average molecular weight is 284 g/mol. The van der Waals surface area contributed by atoms with E-state index in [2.05, 4.69) is 10.2 Å². The largest absolute Gasteiger partial charge is 0.348 e. The molecule has 0 radical (unpaired) electrons. The van der Waals surface area contributed by atoms with E-state index in [9.17, 15) is 8.78 Å². The summed E-state index contributed by atoms with van der Waals surface area (Å²) in [5, 5.41) is 8.32. The van der Waals surface area contributed by atoms with E-state index in [-0.39, 0.29) is 6.54 Å². The van der Waals surface area contributed by atoms with Crippen molar-refractivity contribution in [3.8, 4) is 0 Å². The minimum atomic E-state index is -2.63. The van der Waals surface area contributed by atoms with Gasteiger partial charge in [-0.1, -0.05) is 17.7 Å². The molecule has 19 heavy (non-hydrogen) atoms. The number of halogens is 3. The first kappa shape index (κ1) is 11.5. The minimum Gasteiger partial charge on any atom is -0.348 e. The van der Waals surface area contributed by atoms with Gasteiger partial charge in [0, 0.05) is 6.54 Å². The summed E-state index contributed by atoms with van der Waals surface area (Å²) in [4.78, 5) is 1.66. The number of alkyl halides is 2. The van der Waals surface area contributed by atoms with E-state index in [1.54, 1.807) is 11.0 Å². The smallest absolute Gasteiger partial charge is 0.272 e.